The second kappa shape index (κ2) is 10.2. The predicted molar refractivity (Wildman–Crippen MR) is 155 cm³/mol. The molecule has 9 nitrogen and oxygen atoms in total. The van der Waals surface area contributed by atoms with Crippen LogP contribution in [0.25, 0.3) is 22.0 Å². The maximum absolute atomic E-state index is 13.3. The van der Waals surface area contributed by atoms with Gasteiger partial charge in [0.05, 0.1) is 36.2 Å². The Morgan fingerprint density at radius 1 is 1.10 bits per heavy atom. The van der Waals surface area contributed by atoms with Crippen molar-refractivity contribution < 1.29 is 23.6 Å². The average Bonchev–Trinajstić information content (AvgIpc) is 3.55. The number of nitrogens with one attached hydrogen (secondary N) is 2. The van der Waals surface area contributed by atoms with Crippen molar-refractivity contribution in [3.63, 3.8) is 0 Å². The number of amides is 2. The van der Waals surface area contributed by atoms with Crippen molar-refractivity contribution in [1.29, 1.82) is 0 Å². The van der Waals surface area contributed by atoms with Crippen LogP contribution in [0.15, 0.2) is 42.6 Å². The summed E-state index contributed by atoms with van der Waals surface area (Å²) < 4.78 is 17.1. The van der Waals surface area contributed by atoms with Crippen LogP contribution in [0.4, 0.5) is 4.79 Å². The van der Waals surface area contributed by atoms with Gasteiger partial charge in [0.2, 0.25) is 5.91 Å². The highest BCUT2D eigenvalue weighted by molar-refractivity contribution is 6.62. The second-order valence-electron chi connectivity index (χ2n) is 12.2. The van der Waals surface area contributed by atoms with Crippen molar-refractivity contribution >= 4 is 35.4 Å². The van der Waals surface area contributed by atoms with Crippen molar-refractivity contribution in [3.8, 4) is 11.3 Å². The van der Waals surface area contributed by atoms with Gasteiger partial charge < -0.3 is 29.2 Å². The Labute approximate surface area is 236 Å². The van der Waals surface area contributed by atoms with E-state index < -0.39 is 19.3 Å². The number of carbonyl (C=O) groups is 2. The molecular weight excluding hydrogens is 507 g/mol. The summed E-state index contributed by atoms with van der Waals surface area (Å²) in [5.41, 5.74) is 2.10. The van der Waals surface area contributed by atoms with Crippen LogP contribution in [-0.4, -0.2) is 64.4 Å². The number of carbonyl (C=O) groups excluding carboxylic acids is 2. The minimum absolute atomic E-state index is 0.0155. The Morgan fingerprint density at radius 2 is 1.75 bits per heavy atom. The van der Waals surface area contributed by atoms with Gasteiger partial charge >= 0.3 is 13.2 Å². The van der Waals surface area contributed by atoms with E-state index in [1.165, 1.54) is 7.11 Å². The number of aromatic nitrogens is 2. The fraction of sp³-hybridized carbons (Fsp3) is 0.500. The molecule has 10 heteroatoms. The summed E-state index contributed by atoms with van der Waals surface area (Å²) in [5.74, 6) is 0.781. The molecule has 0 saturated carbocycles. The topological polar surface area (TPSA) is 106 Å². The Bertz CT molecular complexity index is 1420. The highest BCUT2D eigenvalue weighted by Gasteiger charge is 2.51. The lowest BCUT2D eigenvalue weighted by Crippen LogP contribution is -2.49. The molecule has 2 aliphatic heterocycles. The lowest BCUT2D eigenvalue weighted by molar-refractivity contribution is -0.136. The fourth-order valence-electron chi connectivity index (χ4n) is 5.80. The molecule has 5 rings (SSSR count). The molecule has 2 aliphatic rings. The summed E-state index contributed by atoms with van der Waals surface area (Å²) in [6, 6.07) is 11.6. The smallest absolute Gasteiger partial charge is 0.453 e. The van der Waals surface area contributed by atoms with Crippen LogP contribution in [0.3, 0.4) is 0 Å². The Balaban J connectivity index is 1.38. The summed E-state index contributed by atoms with van der Waals surface area (Å²) in [4.78, 5) is 35.1. The highest BCUT2D eigenvalue weighted by atomic mass is 16.7. The van der Waals surface area contributed by atoms with Gasteiger partial charge in [0.1, 0.15) is 11.9 Å². The lowest BCUT2D eigenvalue weighted by Gasteiger charge is -2.32. The highest BCUT2D eigenvalue weighted by Crippen LogP contribution is 2.41. The van der Waals surface area contributed by atoms with Crippen molar-refractivity contribution in [3.05, 3.63) is 48.4 Å². The van der Waals surface area contributed by atoms with E-state index >= 15 is 0 Å². The number of H-pyrrole nitrogens is 1. The number of nitrogens with zero attached hydrogens (tertiary/aromatic N) is 2. The first-order chi connectivity index (χ1) is 18.8. The number of hydrogen-bond donors (Lipinski definition) is 2. The maximum Gasteiger partial charge on any atom is 0.494 e. The van der Waals surface area contributed by atoms with E-state index in [4.69, 9.17) is 14.3 Å². The fourth-order valence-corrected chi connectivity index (χ4v) is 5.80. The number of alkyl carbamates (subject to hydrolysis) is 1. The Kier molecular flexibility index (Phi) is 7.21. The van der Waals surface area contributed by atoms with Gasteiger partial charge in [-0.05, 0) is 76.2 Å². The average molecular weight is 546 g/mol. The normalized spacial score (nSPS) is 24.4. The van der Waals surface area contributed by atoms with E-state index in [9.17, 15) is 9.59 Å². The first-order valence-corrected chi connectivity index (χ1v) is 13.9. The van der Waals surface area contributed by atoms with Gasteiger partial charge in [0, 0.05) is 11.6 Å². The molecule has 0 spiro atoms. The van der Waals surface area contributed by atoms with Gasteiger partial charge in [0.15, 0.2) is 0 Å². The summed E-state index contributed by atoms with van der Waals surface area (Å²) >= 11 is 0. The van der Waals surface area contributed by atoms with Gasteiger partial charge in [-0.25, -0.2) is 9.78 Å². The number of fused-ring (bicyclic) bond motifs is 1. The van der Waals surface area contributed by atoms with Crippen LogP contribution in [0, 0.1) is 5.92 Å². The van der Waals surface area contributed by atoms with E-state index in [-0.39, 0.29) is 35.1 Å². The van der Waals surface area contributed by atoms with E-state index in [2.05, 4.69) is 86.1 Å². The number of benzene rings is 2. The van der Waals surface area contributed by atoms with Gasteiger partial charge in [-0.1, -0.05) is 37.3 Å². The second-order valence-corrected chi connectivity index (χ2v) is 12.2. The van der Waals surface area contributed by atoms with Crippen molar-refractivity contribution in [2.45, 2.75) is 84.2 Å². The minimum Gasteiger partial charge on any atom is -0.453 e. The van der Waals surface area contributed by atoms with Gasteiger partial charge in [0.25, 0.3) is 0 Å². The van der Waals surface area contributed by atoms with E-state index in [1.54, 1.807) is 6.92 Å². The first kappa shape index (κ1) is 28.2. The molecule has 3 aromatic rings. The zero-order chi connectivity index (χ0) is 29.0. The molecule has 0 radical (unpaired) electrons. The zero-order valence-corrected chi connectivity index (χ0v) is 24.6. The lowest BCUT2D eigenvalue weighted by atomic mass is 9.78. The molecule has 3 heterocycles. The molecule has 2 amide bonds. The summed E-state index contributed by atoms with van der Waals surface area (Å²) in [6.07, 6.45) is 2.04. The Hall–Kier alpha value is -3.37. The standard InChI is InChI=1S/C30H39BN4O5/c1-17-13-18(2)35(27(36)19(3)33-28(37)38-8)25(17)26-32-16-24(34-26)22-10-9-21-15-23(12-11-20(21)14-22)31-39-29(4,5)30(6,7)40-31/h9-12,14-19,25H,13H2,1-8H3,(H,32,34)(H,33,37)/t17-,18+,19-,25-/m0/s1. The van der Waals surface area contributed by atoms with Crippen LogP contribution < -0.4 is 10.8 Å². The quantitative estimate of drug-likeness (QED) is 0.455. The third-order valence-electron chi connectivity index (χ3n) is 8.75. The van der Waals surface area contributed by atoms with Crippen LogP contribution in [0.1, 0.15) is 66.8 Å². The number of likely N-dealkylation sites (tertiary alicyclic amines) is 1. The van der Waals surface area contributed by atoms with E-state index in [0.29, 0.717) is 0 Å². The SMILES string of the molecule is COC(=O)N[C@@H](C)C(=O)N1[C@H](C)C[C@H](C)[C@H]1c1ncc(-c2ccc3cc(B4OC(C)(C)C(C)(C)O4)ccc3c2)[nH]1. The molecule has 2 N–H and O–H groups in total. The number of rotatable bonds is 5. The summed E-state index contributed by atoms with van der Waals surface area (Å²) in [7, 11) is 0.877. The van der Waals surface area contributed by atoms with Crippen molar-refractivity contribution in [2.24, 2.45) is 5.92 Å². The predicted octanol–water partition coefficient (Wildman–Crippen LogP) is 4.57. The van der Waals surface area contributed by atoms with Crippen molar-refractivity contribution in [2.75, 3.05) is 7.11 Å². The largest absolute Gasteiger partial charge is 0.494 e. The number of methoxy groups -OCH3 is 1. The first-order valence-electron chi connectivity index (χ1n) is 13.9. The third-order valence-corrected chi connectivity index (χ3v) is 8.75. The third kappa shape index (κ3) is 4.99. The summed E-state index contributed by atoms with van der Waals surface area (Å²) in [6.45, 7) is 14.1. The molecule has 2 aromatic carbocycles. The number of hydrogen-bond acceptors (Lipinski definition) is 6. The van der Waals surface area contributed by atoms with Crippen LogP contribution in [0.5, 0.6) is 0 Å². The molecule has 40 heavy (non-hydrogen) atoms. The molecule has 2 fully saturated rings. The van der Waals surface area contributed by atoms with E-state index in [0.717, 1.165) is 39.7 Å². The van der Waals surface area contributed by atoms with Crippen LogP contribution in [-0.2, 0) is 18.8 Å². The molecule has 0 unspecified atom stereocenters. The molecule has 0 bridgehead atoms. The zero-order valence-electron chi connectivity index (χ0n) is 24.6. The molecule has 2 saturated heterocycles. The van der Waals surface area contributed by atoms with Crippen molar-refractivity contribution in [1.82, 2.24) is 20.2 Å². The van der Waals surface area contributed by atoms with Gasteiger partial charge in [-0.3, -0.25) is 4.79 Å². The van der Waals surface area contributed by atoms with Gasteiger partial charge in [-0.2, -0.15) is 0 Å². The number of ether oxygens (including phenoxy) is 1. The molecule has 212 valence electrons. The molecule has 4 atom stereocenters. The minimum atomic E-state index is -0.709. The molecule has 0 aliphatic carbocycles. The maximum atomic E-state index is 13.3. The molecule has 1 aromatic heterocycles. The van der Waals surface area contributed by atoms with Gasteiger partial charge in [-0.15, -0.1) is 0 Å². The monoisotopic (exact) mass is 546 g/mol. The number of aromatic amines is 1. The molecular formula is C30H39BN4O5. The van der Waals surface area contributed by atoms with E-state index in [1.807, 2.05) is 18.0 Å². The number of imidazole rings is 1. The summed E-state index contributed by atoms with van der Waals surface area (Å²) in [5, 5.41) is 4.78. The Morgan fingerprint density at radius 3 is 2.42 bits per heavy atom. The van der Waals surface area contributed by atoms with Crippen LogP contribution >= 0.6 is 0 Å². The van der Waals surface area contributed by atoms with Crippen LogP contribution in [0.2, 0.25) is 0 Å².